The first-order valence-corrected chi connectivity index (χ1v) is 6.32. The molecule has 4 N–H and O–H groups in total. The minimum absolute atomic E-state index is 0.0330. The molecule has 0 fully saturated rings. The van der Waals surface area contributed by atoms with Gasteiger partial charge in [0.25, 0.3) is 11.8 Å². The van der Waals surface area contributed by atoms with Crippen LogP contribution in [0.3, 0.4) is 0 Å². The molecule has 0 aliphatic rings. The Morgan fingerprint density at radius 2 is 1.70 bits per heavy atom. The van der Waals surface area contributed by atoms with E-state index >= 15 is 0 Å². The van der Waals surface area contributed by atoms with Gasteiger partial charge in [-0.05, 0) is 30.3 Å². The quantitative estimate of drug-likeness (QED) is 0.893. The third-order valence-electron chi connectivity index (χ3n) is 2.43. The molecule has 5 nitrogen and oxygen atoms in total. The molecule has 1 heterocycles. The number of rotatable bonds is 4. The van der Waals surface area contributed by atoms with Gasteiger partial charge in [0.1, 0.15) is 11.5 Å². The smallest absolute Gasteiger partial charge is 0.268 e. The van der Waals surface area contributed by atoms with Gasteiger partial charge in [-0.3, -0.25) is 14.6 Å². The first kappa shape index (κ1) is 14.0. The summed E-state index contributed by atoms with van der Waals surface area (Å²) < 4.78 is 12.8. The maximum absolute atomic E-state index is 12.8. The van der Waals surface area contributed by atoms with E-state index in [0.29, 0.717) is 9.79 Å². The van der Waals surface area contributed by atoms with Crippen LogP contribution in [-0.2, 0) is 0 Å². The van der Waals surface area contributed by atoms with E-state index in [-0.39, 0.29) is 17.1 Å². The number of halogens is 1. The third kappa shape index (κ3) is 2.94. The fraction of sp³-hybridized carbons (Fsp3) is 0. The summed E-state index contributed by atoms with van der Waals surface area (Å²) in [5.41, 5.74) is 10.2. The summed E-state index contributed by atoms with van der Waals surface area (Å²) in [5.74, 6) is -1.99. The Bertz CT molecular complexity index is 674. The number of hydrogen-bond acceptors (Lipinski definition) is 4. The number of nitrogens with zero attached hydrogens (tertiary/aromatic N) is 1. The number of amides is 2. The standard InChI is InChI=1S/C13H10FN3O2S/c14-7-1-3-8(4-2-7)20-9-5-6-17-11(13(16)19)10(9)12(15)18/h1-6H,(H2,15,18)(H2,16,19). The molecular formula is C13H10FN3O2S. The summed E-state index contributed by atoms with van der Waals surface area (Å²) in [6.07, 6.45) is 1.36. The highest BCUT2D eigenvalue weighted by Gasteiger charge is 2.19. The Labute approximate surface area is 118 Å². The Hall–Kier alpha value is -2.41. The molecule has 1 aromatic carbocycles. The second-order valence-electron chi connectivity index (χ2n) is 3.82. The van der Waals surface area contributed by atoms with Crippen molar-refractivity contribution in [3.63, 3.8) is 0 Å². The van der Waals surface area contributed by atoms with Gasteiger partial charge in [0.2, 0.25) is 0 Å². The molecule has 0 saturated carbocycles. The second-order valence-corrected chi connectivity index (χ2v) is 4.93. The average Bonchev–Trinajstić information content (AvgIpc) is 2.40. The van der Waals surface area contributed by atoms with Crippen molar-refractivity contribution in [2.75, 3.05) is 0 Å². The largest absolute Gasteiger partial charge is 0.365 e. The topological polar surface area (TPSA) is 99.1 Å². The first-order chi connectivity index (χ1) is 9.49. The number of aromatic nitrogens is 1. The molecule has 0 unspecified atom stereocenters. The number of hydrogen-bond donors (Lipinski definition) is 2. The molecule has 0 aliphatic carbocycles. The highest BCUT2D eigenvalue weighted by Crippen LogP contribution is 2.31. The summed E-state index contributed by atoms with van der Waals surface area (Å²) in [4.78, 5) is 27.7. The molecule has 2 amide bonds. The molecule has 0 aliphatic heterocycles. The highest BCUT2D eigenvalue weighted by atomic mass is 32.2. The van der Waals surface area contributed by atoms with Gasteiger partial charge < -0.3 is 11.5 Å². The van der Waals surface area contributed by atoms with Crippen molar-refractivity contribution in [2.45, 2.75) is 9.79 Å². The van der Waals surface area contributed by atoms with Gasteiger partial charge in [0, 0.05) is 16.0 Å². The van der Waals surface area contributed by atoms with E-state index in [2.05, 4.69) is 4.98 Å². The van der Waals surface area contributed by atoms with Crippen molar-refractivity contribution in [1.82, 2.24) is 4.98 Å². The lowest BCUT2D eigenvalue weighted by atomic mass is 10.2. The van der Waals surface area contributed by atoms with Gasteiger partial charge in [-0.15, -0.1) is 0 Å². The molecule has 0 spiro atoms. The number of carbonyl (C=O) groups excluding carboxylic acids is 2. The number of nitrogens with two attached hydrogens (primary N) is 2. The molecule has 0 bridgehead atoms. The fourth-order valence-corrected chi connectivity index (χ4v) is 2.54. The highest BCUT2D eigenvalue weighted by molar-refractivity contribution is 7.99. The van der Waals surface area contributed by atoms with Crippen LogP contribution in [0.4, 0.5) is 4.39 Å². The minimum atomic E-state index is -0.833. The molecule has 102 valence electrons. The predicted octanol–water partition coefficient (Wildman–Crippen LogP) is 1.57. The number of benzene rings is 1. The molecule has 1 aromatic heterocycles. The van der Waals surface area contributed by atoms with Crippen LogP contribution in [0, 0.1) is 5.82 Å². The summed E-state index contributed by atoms with van der Waals surface area (Å²) >= 11 is 1.17. The van der Waals surface area contributed by atoms with Crippen molar-refractivity contribution in [1.29, 1.82) is 0 Å². The maximum Gasteiger partial charge on any atom is 0.268 e. The molecule has 20 heavy (non-hydrogen) atoms. The summed E-state index contributed by atoms with van der Waals surface area (Å²) in [6.45, 7) is 0. The van der Waals surface area contributed by atoms with Gasteiger partial charge in [0.15, 0.2) is 0 Å². The van der Waals surface area contributed by atoms with Crippen LogP contribution in [0.2, 0.25) is 0 Å². The van der Waals surface area contributed by atoms with Gasteiger partial charge in [-0.25, -0.2) is 4.39 Å². The van der Waals surface area contributed by atoms with Crippen LogP contribution in [0.25, 0.3) is 0 Å². The zero-order valence-electron chi connectivity index (χ0n) is 10.2. The molecule has 2 aromatic rings. The fourth-order valence-electron chi connectivity index (χ4n) is 1.58. The summed E-state index contributed by atoms with van der Waals surface area (Å²) in [6, 6.07) is 7.23. The van der Waals surface area contributed by atoms with Crippen LogP contribution in [0.1, 0.15) is 20.8 Å². The van der Waals surface area contributed by atoms with Crippen molar-refractivity contribution < 1.29 is 14.0 Å². The lowest BCUT2D eigenvalue weighted by Gasteiger charge is -2.09. The van der Waals surface area contributed by atoms with Crippen LogP contribution >= 0.6 is 11.8 Å². The normalized spacial score (nSPS) is 10.2. The molecule has 0 atom stereocenters. The molecule has 7 heteroatoms. The number of carbonyl (C=O) groups is 2. The third-order valence-corrected chi connectivity index (χ3v) is 3.50. The molecular weight excluding hydrogens is 281 g/mol. The monoisotopic (exact) mass is 291 g/mol. The van der Waals surface area contributed by atoms with E-state index in [1.165, 1.54) is 30.1 Å². The van der Waals surface area contributed by atoms with E-state index in [9.17, 15) is 14.0 Å². The average molecular weight is 291 g/mol. The second kappa shape index (κ2) is 5.70. The minimum Gasteiger partial charge on any atom is -0.365 e. The Kier molecular flexibility index (Phi) is 3.99. The Balaban J connectivity index is 2.46. The van der Waals surface area contributed by atoms with Crippen molar-refractivity contribution in [3.05, 3.63) is 53.6 Å². The summed E-state index contributed by atoms with van der Waals surface area (Å²) in [7, 11) is 0. The van der Waals surface area contributed by atoms with Crippen molar-refractivity contribution in [2.24, 2.45) is 11.5 Å². The van der Waals surface area contributed by atoms with Crippen LogP contribution in [-0.4, -0.2) is 16.8 Å². The zero-order chi connectivity index (χ0) is 14.7. The number of pyridine rings is 1. The first-order valence-electron chi connectivity index (χ1n) is 5.51. The van der Waals surface area contributed by atoms with Gasteiger partial charge in [0.05, 0.1) is 5.56 Å². The van der Waals surface area contributed by atoms with Crippen molar-refractivity contribution in [3.8, 4) is 0 Å². The molecule has 2 rings (SSSR count). The Morgan fingerprint density at radius 1 is 1.05 bits per heavy atom. The lowest BCUT2D eigenvalue weighted by Crippen LogP contribution is -2.22. The van der Waals surface area contributed by atoms with E-state index < -0.39 is 11.8 Å². The van der Waals surface area contributed by atoms with Crippen LogP contribution in [0.15, 0.2) is 46.3 Å². The summed E-state index contributed by atoms with van der Waals surface area (Å²) in [5, 5.41) is 0. The van der Waals surface area contributed by atoms with Gasteiger partial charge in [-0.1, -0.05) is 11.8 Å². The predicted molar refractivity (Wildman–Crippen MR) is 71.8 cm³/mol. The van der Waals surface area contributed by atoms with Gasteiger partial charge >= 0.3 is 0 Å². The van der Waals surface area contributed by atoms with E-state index in [0.717, 1.165) is 0 Å². The van der Waals surface area contributed by atoms with E-state index in [1.807, 2.05) is 0 Å². The number of primary amides is 2. The SMILES string of the molecule is NC(=O)c1nccc(Sc2ccc(F)cc2)c1C(N)=O. The van der Waals surface area contributed by atoms with Crippen LogP contribution < -0.4 is 11.5 Å². The molecule has 0 saturated heterocycles. The zero-order valence-corrected chi connectivity index (χ0v) is 11.0. The maximum atomic E-state index is 12.8. The molecule has 0 radical (unpaired) electrons. The van der Waals surface area contributed by atoms with Crippen molar-refractivity contribution >= 4 is 23.6 Å². The van der Waals surface area contributed by atoms with Gasteiger partial charge in [-0.2, -0.15) is 0 Å². The Morgan fingerprint density at radius 3 is 2.25 bits per heavy atom. The lowest BCUT2D eigenvalue weighted by molar-refractivity contribution is 0.0961. The van der Waals surface area contributed by atoms with Crippen LogP contribution in [0.5, 0.6) is 0 Å². The van der Waals surface area contributed by atoms with E-state index in [4.69, 9.17) is 11.5 Å². The van der Waals surface area contributed by atoms with E-state index in [1.54, 1.807) is 18.2 Å².